The number of ether oxygens (including phenoxy) is 2. The van der Waals surface area contributed by atoms with E-state index < -0.39 is 21.7 Å². The molecule has 3 fully saturated rings. The van der Waals surface area contributed by atoms with E-state index in [0.717, 1.165) is 62.1 Å². The van der Waals surface area contributed by atoms with E-state index >= 15 is 0 Å². The summed E-state index contributed by atoms with van der Waals surface area (Å²) in [5.41, 5.74) is 3.08. The van der Waals surface area contributed by atoms with E-state index in [-0.39, 0.29) is 54.1 Å². The fraction of sp³-hybridized carbons (Fsp3) is 0.528. The lowest BCUT2D eigenvalue weighted by atomic mass is 9.95. The standard InChI is InChI=1S/C36H44ClN5O8S/c1-5-49-31-16-22(6-11-27(31)34(43)38-51(46,47)42-23-7-8-24(42)10-9-23)35(44)41-13-12-26-28(19-41)36(45)50-33-21(2)30(17-29(37)32(26)33)40-15-14-39(3)25(18-40)20-48-4/h6,11,16-17,23-25H,5,7-10,12-15,18-20H2,1-4H3,(H,38,43). The number of benzene rings is 2. The summed E-state index contributed by atoms with van der Waals surface area (Å²) in [7, 11) is -0.262. The highest BCUT2D eigenvalue weighted by atomic mass is 35.5. The number of aryl methyl sites for hydroxylation is 1. The minimum atomic E-state index is -4.04. The van der Waals surface area contributed by atoms with Gasteiger partial charge in [-0.25, -0.2) is 9.52 Å². The molecule has 0 spiro atoms. The van der Waals surface area contributed by atoms with Gasteiger partial charge in [-0.05, 0) is 82.8 Å². The lowest BCUT2D eigenvalue weighted by molar-refractivity contribution is 0.0731. The molecule has 1 unspecified atom stereocenters. The van der Waals surface area contributed by atoms with Crippen LogP contribution in [0.4, 0.5) is 5.69 Å². The van der Waals surface area contributed by atoms with Gasteiger partial charge in [0.15, 0.2) is 0 Å². The zero-order valence-corrected chi connectivity index (χ0v) is 30.9. The zero-order chi connectivity index (χ0) is 36.2. The predicted octanol–water partition coefficient (Wildman–Crippen LogP) is 3.72. The number of nitrogens with one attached hydrogen (secondary N) is 1. The summed E-state index contributed by atoms with van der Waals surface area (Å²) in [5, 5.41) is 1.18. The number of likely N-dealkylation sites (N-methyl/N-ethyl adjacent to an activating group) is 1. The third kappa shape index (κ3) is 6.50. The van der Waals surface area contributed by atoms with Gasteiger partial charge in [0, 0.05) is 67.6 Å². The van der Waals surface area contributed by atoms with E-state index in [1.54, 1.807) is 18.9 Å². The molecule has 3 aromatic rings. The largest absolute Gasteiger partial charge is 0.493 e. The van der Waals surface area contributed by atoms with Crippen LogP contribution in [0.3, 0.4) is 0 Å². The first kappa shape index (κ1) is 35.7. The van der Waals surface area contributed by atoms with Gasteiger partial charge in [0.2, 0.25) is 0 Å². The van der Waals surface area contributed by atoms with E-state index in [1.807, 2.05) is 13.0 Å². The van der Waals surface area contributed by atoms with Gasteiger partial charge in [0.1, 0.15) is 11.3 Å². The number of nitrogens with zero attached hydrogens (tertiary/aromatic N) is 4. The number of carbonyl (C=O) groups excluding carboxylic acids is 2. The van der Waals surface area contributed by atoms with Crippen LogP contribution in [0, 0.1) is 6.92 Å². The number of piperazine rings is 1. The third-order valence-electron chi connectivity index (χ3n) is 11.0. The Labute approximate surface area is 302 Å². The maximum absolute atomic E-state index is 13.8. The van der Waals surface area contributed by atoms with Crippen molar-refractivity contribution in [2.24, 2.45) is 0 Å². The average molecular weight is 742 g/mol. The Morgan fingerprint density at radius 1 is 1.06 bits per heavy atom. The highest BCUT2D eigenvalue weighted by molar-refractivity contribution is 7.87. The minimum absolute atomic E-state index is 0.00907. The lowest BCUT2D eigenvalue weighted by Crippen LogP contribution is -2.53. The number of carbonyl (C=O) groups is 2. The molecule has 2 aromatic carbocycles. The molecule has 1 N–H and O–H groups in total. The molecule has 7 rings (SSSR count). The van der Waals surface area contributed by atoms with Crippen molar-refractivity contribution in [3.05, 3.63) is 67.5 Å². The van der Waals surface area contributed by atoms with Gasteiger partial charge >= 0.3 is 15.8 Å². The summed E-state index contributed by atoms with van der Waals surface area (Å²) in [5.74, 6) is -1.10. The Balaban J connectivity index is 1.12. The van der Waals surface area contributed by atoms with Crippen LogP contribution < -0.4 is 20.0 Å². The molecule has 1 atom stereocenters. The van der Waals surface area contributed by atoms with Gasteiger partial charge in [-0.15, -0.1) is 0 Å². The number of hydrogen-bond acceptors (Lipinski definition) is 10. The lowest BCUT2D eigenvalue weighted by Gasteiger charge is -2.41. The molecule has 15 heteroatoms. The van der Waals surface area contributed by atoms with Crippen molar-refractivity contribution in [2.75, 3.05) is 58.5 Å². The summed E-state index contributed by atoms with van der Waals surface area (Å²) in [6.45, 7) is 7.19. The molecule has 274 valence electrons. The van der Waals surface area contributed by atoms with E-state index in [1.165, 1.54) is 22.5 Å². The van der Waals surface area contributed by atoms with Crippen LogP contribution in [-0.2, 0) is 27.9 Å². The van der Waals surface area contributed by atoms with Crippen molar-refractivity contribution in [2.45, 2.75) is 70.6 Å². The van der Waals surface area contributed by atoms with Gasteiger partial charge in [0.05, 0.1) is 41.9 Å². The number of halogens is 1. The quantitative estimate of drug-likeness (QED) is 0.323. The van der Waals surface area contributed by atoms with Gasteiger partial charge in [0.25, 0.3) is 11.8 Å². The monoisotopic (exact) mass is 741 g/mol. The van der Waals surface area contributed by atoms with Crippen LogP contribution in [0.5, 0.6) is 5.75 Å². The Hall–Kier alpha value is -3.69. The minimum Gasteiger partial charge on any atom is -0.493 e. The summed E-state index contributed by atoms with van der Waals surface area (Å²) < 4.78 is 47.1. The fourth-order valence-corrected chi connectivity index (χ4v) is 10.3. The number of amides is 2. The van der Waals surface area contributed by atoms with Crippen molar-refractivity contribution in [1.82, 2.24) is 18.8 Å². The number of rotatable bonds is 9. The van der Waals surface area contributed by atoms with Gasteiger partial charge in [-0.1, -0.05) is 11.6 Å². The Morgan fingerprint density at radius 3 is 2.47 bits per heavy atom. The molecular formula is C36H44ClN5O8S. The summed E-state index contributed by atoms with van der Waals surface area (Å²) >= 11 is 6.95. The molecule has 1 aromatic heterocycles. The maximum atomic E-state index is 13.8. The number of methoxy groups -OCH3 is 1. The van der Waals surface area contributed by atoms with Crippen LogP contribution >= 0.6 is 11.6 Å². The first-order valence-electron chi connectivity index (χ1n) is 17.5. The average Bonchev–Trinajstić information content (AvgIpc) is 3.73. The SMILES string of the molecule is CCOc1cc(C(=O)N2CCc3c(c(=O)oc4c(C)c(N5CCN(C)C(COC)C5)cc(Cl)c34)C2)ccc1C(=O)NS(=O)(=O)N1C2CCC1CC2. The van der Waals surface area contributed by atoms with Crippen molar-refractivity contribution in [3.63, 3.8) is 0 Å². The molecule has 0 saturated carbocycles. The number of hydrogen-bond donors (Lipinski definition) is 1. The predicted molar refractivity (Wildman–Crippen MR) is 193 cm³/mol. The van der Waals surface area contributed by atoms with Crippen molar-refractivity contribution in [1.29, 1.82) is 0 Å². The molecule has 4 aliphatic rings. The van der Waals surface area contributed by atoms with Gasteiger partial charge in [-0.3, -0.25) is 14.5 Å². The first-order valence-corrected chi connectivity index (χ1v) is 19.4. The third-order valence-corrected chi connectivity index (χ3v) is 12.9. The molecule has 0 radical (unpaired) electrons. The van der Waals surface area contributed by atoms with Crippen molar-refractivity contribution < 1.29 is 31.9 Å². The second-order valence-corrected chi connectivity index (χ2v) is 15.9. The fourth-order valence-electron chi connectivity index (χ4n) is 8.32. The number of anilines is 1. The van der Waals surface area contributed by atoms with Crippen LogP contribution in [0.2, 0.25) is 5.02 Å². The van der Waals surface area contributed by atoms with Crippen LogP contribution in [-0.4, -0.2) is 106 Å². The molecule has 13 nitrogen and oxygen atoms in total. The highest BCUT2D eigenvalue weighted by Crippen LogP contribution is 2.40. The summed E-state index contributed by atoms with van der Waals surface area (Å²) in [6, 6.07) is 6.30. The van der Waals surface area contributed by atoms with Gasteiger partial charge in [-0.2, -0.15) is 12.7 Å². The normalized spacial score (nSPS) is 22.4. The van der Waals surface area contributed by atoms with E-state index in [2.05, 4.69) is 21.6 Å². The molecular weight excluding hydrogens is 698 g/mol. The van der Waals surface area contributed by atoms with Crippen LogP contribution in [0.25, 0.3) is 11.0 Å². The summed E-state index contributed by atoms with van der Waals surface area (Å²) in [6.07, 6.45) is 3.56. The van der Waals surface area contributed by atoms with E-state index in [9.17, 15) is 22.8 Å². The molecule has 0 aliphatic carbocycles. The smallest absolute Gasteiger partial charge is 0.341 e. The van der Waals surface area contributed by atoms with Crippen molar-refractivity contribution in [3.8, 4) is 5.75 Å². The molecule has 2 bridgehead atoms. The van der Waals surface area contributed by atoms with Crippen LogP contribution in [0.15, 0.2) is 33.5 Å². The maximum Gasteiger partial charge on any atom is 0.341 e. The second kappa shape index (κ2) is 14.0. The van der Waals surface area contributed by atoms with E-state index in [0.29, 0.717) is 41.1 Å². The molecule has 3 saturated heterocycles. The number of fused-ring (bicyclic) bond motifs is 5. The molecule has 51 heavy (non-hydrogen) atoms. The van der Waals surface area contributed by atoms with Crippen molar-refractivity contribution >= 4 is 50.3 Å². The Bertz CT molecular complexity index is 2040. The molecule has 2 amide bonds. The Kier molecular flexibility index (Phi) is 9.82. The summed E-state index contributed by atoms with van der Waals surface area (Å²) in [4.78, 5) is 46.7. The topological polar surface area (TPSA) is 142 Å². The van der Waals surface area contributed by atoms with E-state index in [4.69, 9.17) is 25.5 Å². The highest BCUT2D eigenvalue weighted by Gasteiger charge is 2.47. The second-order valence-electron chi connectivity index (χ2n) is 13.9. The zero-order valence-electron chi connectivity index (χ0n) is 29.4. The Morgan fingerprint density at radius 2 is 1.78 bits per heavy atom. The molecule has 5 heterocycles. The van der Waals surface area contributed by atoms with Crippen LogP contribution in [0.1, 0.15) is 70.0 Å². The first-order chi connectivity index (χ1) is 24.4. The van der Waals surface area contributed by atoms with Gasteiger partial charge < -0.3 is 23.7 Å². The molecule has 4 aliphatic heterocycles.